The molecule has 0 bridgehead atoms. The minimum Gasteiger partial charge on any atom is -0.478 e. The molecule has 28 heavy (non-hydrogen) atoms. The standard InChI is InChI=1S/C21H25F2NO4/c1-2-3-4-5-18(25)11-10-17-14-21(22,23)20(28)24(17)13-12-15-6-8-16(9-7-15)19(26)27/h6-9,11,18,25H,2-5,12-14H2,1H3,(H,26,27)/t10?,18-/m0/s1. The number of carbonyl (C=O) groups is 2. The molecule has 2 rings (SSSR count). The number of benzene rings is 1. The van der Waals surface area contributed by atoms with Crippen LogP contribution in [-0.2, 0) is 11.2 Å². The first-order valence-corrected chi connectivity index (χ1v) is 9.40. The van der Waals surface area contributed by atoms with Gasteiger partial charge in [0.15, 0.2) is 0 Å². The first-order valence-electron chi connectivity index (χ1n) is 9.40. The summed E-state index contributed by atoms with van der Waals surface area (Å²) in [6.45, 7) is 2.08. The number of carboxylic acid groups (broad SMARTS) is 1. The van der Waals surface area contributed by atoms with Crippen molar-refractivity contribution in [2.45, 2.75) is 57.5 Å². The number of hydrogen-bond donors (Lipinski definition) is 2. The third-order valence-electron chi connectivity index (χ3n) is 4.64. The highest BCUT2D eigenvalue weighted by Crippen LogP contribution is 2.35. The zero-order chi connectivity index (χ0) is 20.7. The van der Waals surface area contributed by atoms with Gasteiger partial charge >= 0.3 is 11.9 Å². The van der Waals surface area contributed by atoms with E-state index in [0.29, 0.717) is 12.8 Å². The highest BCUT2D eigenvalue weighted by Gasteiger charge is 2.50. The molecule has 1 heterocycles. The molecule has 7 heteroatoms. The summed E-state index contributed by atoms with van der Waals surface area (Å²) in [6.07, 6.45) is 3.46. The van der Waals surface area contributed by atoms with E-state index in [1.807, 2.05) is 6.92 Å². The van der Waals surface area contributed by atoms with Crippen LogP contribution < -0.4 is 0 Å². The first-order chi connectivity index (χ1) is 13.2. The van der Waals surface area contributed by atoms with Gasteiger partial charge in [-0.2, -0.15) is 8.78 Å². The molecule has 0 aliphatic carbocycles. The maximum Gasteiger partial charge on any atom is 0.335 e. The van der Waals surface area contributed by atoms with Crippen LogP contribution in [0.15, 0.2) is 41.8 Å². The number of amides is 1. The van der Waals surface area contributed by atoms with Crippen molar-refractivity contribution in [1.29, 1.82) is 0 Å². The maximum atomic E-state index is 13.9. The number of halogens is 2. The molecule has 2 N–H and O–H groups in total. The Bertz CT molecular complexity index is 767. The van der Waals surface area contributed by atoms with Crippen LogP contribution >= 0.6 is 0 Å². The van der Waals surface area contributed by atoms with Crippen LogP contribution in [0.3, 0.4) is 0 Å². The van der Waals surface area contributed by atoms with Gasteiger partial charge in [-0.3, -0.25) is 4.79 Å². The molecule has 1 aliphatic heterocycles. The number of likely N-dealkylation sites (tertiary alicyclic amines) is 1. The smallest absolute Gasteiger partial charge is 0.335 e. The summed E-state index contributed by atoms with van der Waals surface area (Å²) >= 11 is 0. The fraction of sp³-hybridized carbons (Fsp3) is 0.476. The quantitative estimate of drug-likeness (QED) is 0.494. The molecular weight excluding hydrogens is 368 g/mol. The molecule has 0 saturated carbocycles. The molecule has 0 spiro atoms. The predicted molar refractivity (Wildman–Crippen MR) is 100 cm³/mol. The Hall–Kier alpha value is -2.50. The Morgan fingerprint density at radius 3 is 2.61 bits per heavy atom. The van der Waals surface area contributed by atoms with Gasteiger partial charge in [-0.05, 0) is 36.6 Å². The number of unbranched alkanes of at least 4 members (excludes halogenated alkanes) is 2. The van der Waals surface area contributed by atoms with Gasteiger partial charge in [0.25, 0.3) is 5.91 Å². The Labute approximate surface area is 163 Å². The van der Waals surface area contributed by atoms with E-state index >= 15 is 0 Å². The van der Waals surface area contributed by atoms with Crippen LogP contribution in [0.1, 0.15) is 54.9 Å². The van der Waals surface area contributed by atoms with Crippen LogP contribution in [0.2, 0.25) is 0 Å². The van der Waals surface area contributed by atoms with Gasteiger partial charge in [0, 0.05) is 6.54 Å². The highest BCUT2D eigenvalue weighted by atomic mass is 19.3. The minimum absolute atomic E-state index is 0.0307. The van der Waals surface area contributed by atoms with Crippen molar-refractivity contribution in [3.05, 3.63) is 52.9 Å². The summed E-state index contributed by atoms with van der Waals surface area (Å²) in [5, 5.41) is 18.8. The summed E-state index contributed by atoms with van der Waals surface area (Å²) in [6, 6.07) is 6.06. The van der Waals surface area contributed by atoms with Gasteiger partial charge in [0.2, 0.25) is 0 Å². The average Bonchev–Trinajstić information content (AvgIpc) is 2.87. The molecule has 152 valence electrons. The van der Waals surface area contributed by atoms with Gasteiger partial charge in [-0.1, -0.05) is 38.3 Å². The summed E-state index contributed by atoms with van der Waals surface area (Å²) in [4.78, 5) is 23.9. The molecule has 0 radical (unpaired) electrons. The van der Waals surface area contributed by atoms with Crippen molar-refractivity contribution in [2.24, 2.45) is 0 Å². The molecule has 0 unspecified atom stereocenters. The fourth-order valence-corrected chi connectivity index (χ4v) is 3.00. The monoisotopic (exact) mass is 393 g/mol. The molecule has 1 aromatic carbocycles. The number of alkyl halides is 2. The number of aliphatic hydroxyl groups is 1. The summed E-state index contributed by atoms with van der Waals surface area (Å²) in [7, 11) is 0. The Morgan fingerprint density at radius 2 is 2.00 bits per heavy atom. The van der Waals surface area contributed by atoms with E-state index in [1.165, 1.54) is 18.2 Å². The molecule has 1 amide bonds. The molecule has 5 nitrogen and oxygen atoms in total. The van der Waals surface area contributed by atoms with E-state index in [4.69, 9.17) is 5.11 Å². The summed E-state index contributed by atoms with van der Waals surface area (Å²) in [5.41, 5.74) is 3.62. The van der Waals surface area contributed by atoms with Gasteiger partial charge < -0.3 is 15.1 Å². The SMILES string of the molecule is CCCCC[C@H](O)C=C=C1CC(F)(F)C(=O)N1CCc1ccc(C(=O)O)cc1. The van der Waals surface area contributed by atoms with E-state index < -0.39 is 30.3 Å². The van der Waals surface area contributed by atoms with E-state index in [0.717, 1.165) is 29.7 Å². The lowest BCUT2D eigenvalue weighted by atomic mass is 10.1. The lowest BCUT2D eigenvalue weighted by molar-refractivity contribution is -0.147. The third kappa shape index (κ3) is 5.75. The maximum absolute atomic E-state index is 13.9. The minimum atomic E-state index is -3.48. The predicted octanol–water partition coefficient (Wildman–Crippen LogP) is 3.78. The van der Waals surface area contributed by atoms with E-state index in [1.54, 1.807) is 12.1 Å². The van der Waals surface area contributed by atoms with Crippen molar-refractivity contribution in [3.63, 3.8) is 0 Å². The number of nitrogens with zero attached hydrogens (tertiary/aromatic N) is 1. The van der Waals surface area contributed by atoms with Crippen LogP contribution in [0.25, 0.3) is 0 Å². The van der Waals surface area contributed by atoms with Crippen LogP contribution in [0, 0.1) is 0 Å². The number of carbonyl (C=O) groups excluding carboxylic acids is 1. The van der Waals surface area contributed by atoms with Crippen LogP contribution in [0.4, 0.5) is 8.78 Å². The Kier molecular flexibility index (Phi) is 7.49. The van der Waals surface area contributed by atoms with Crippen LogP contribution in [-0.4, -0.2) is 45.6 Å². The zero-order valence-electron chi connectivity index (χ0n) is 15.8. The van der Waals surface area contributed by atoms with Crippen molar-refractivity contribution in [3.8, 4) is 0 Å². The average molecular weight is 393 g/mol. The number of rotatable bonds is 9. The van der Waals surface area contributed by atoms with Gasteiger partial charge in [0.1, 0.15) is 0 Å². The molecule has 1 fully saturated rings. The number of aliphatic hydroxyl groups excluding tert-OH is 1. The summed E-state index contributed by atoms with van der Waals surface area (Å²) in [5.74, 6) is -5.80. The second-order valence-electron chi connectivity index (χ2n) is 6.91. The van der Waals surface area contributed by atoms with Gasteiger partial charge in [0.05, 0.1) is 23.8 Å². The number of carboxylic acids is 1. The zero-order valence-corrected chi connectivity index (χ0v) is 15.8. The lowest BCUT2D eigenvalue weighted by Gasteiger charge is -2.16. The number of aromatic carboxylic acids is 1. The Morgan fingerprint density at radius 1 is 1.32 bits per heavy atom. The third-order valence-corrected chi connectivity index (χ3v) is 4.64. The molecule has 0 aromatic heterocycles. The lowest BCUT2D eigenvalue weighted by Crippen LogP contribution is -2.34. The van der Waals surface area contributed by atoms with Gasteiger partial charge in [-0.15, -0.1) is 5.73 Å². The molecular formula is C21H25F2NO4. The first kappa shape index (κ1) is 21.8. The van der Waals surface area contributed by atoms with Crippen molar-refractivity contribution in [2.75, 3.05) is 6.54 Å². The molecule has 1 atom stereocenters. The van der Waals surface area contributed by atoms with Crippen molar-refractivity contribution >= 4 is 11.9 Å². The summed E-state index contributed by atoms with van der Waals surface area (Å²) < 4.78 is 27.8. The largest absolute Gasteiger partial charge is 0.478 e. The van der Waals surface area contributed by atoms with E-state index in [9.17, 15) is 23.5 Å². The van der Waals surface area contributed by atoms with E-state index in [-0.39, 0.29) is 17.8 Å². The normalized spacial score (nSPS) is 16.8. The molecule has 1 saturated heterocycles. The molecule has 1 aromatic rings. The molecule has 1 aliphatic rings. The van der Waals surface area contributed by atoms with Crippen molar-refractivity contribution < 1.29 is 28.6 Å². The fourth-order valence-electron chi connectivity index (χ4n) is 3.00. The highest BCUT2D eigenvalue weighted by molar-refractivity contribution is 5.88. The van der Waals surface area contributed by atoms with Gasteiger partial charge in [-0.25, -0.2) is 4.79 Å². The second kappa shape index (κ2) is 9.62. The Balaban J connectivity index is 2.08. The number of hydrogen-bond acceptors (Lipinski definition) is 3. The van der Waals surface area contributed by atoms with Crippen LogP contribution in [0.5, 0.6) is 0 Å². The topological polar surface area (TPSA) is 77.8 Å². The second-order valence-corrected chi connectivity index (χ2v) is 6.91. The van der Waals surface area contributed by atoms with Crippen molar-refractivity contribution in [1.82, 2.24) is 4.90 Å². The van der Waals surface area contributed by atoms with E-state index in [2.05, 4.69) is 5.73 Å².